The van der Waals surface area contributed by atoms with Gasteiger partial charge in [-0.05, 0) is 42.9 Å². The number of hydrogen-bond acceptors (Lipinski definition) is 6. The first kappa shape index (κ1) is 24.8. The summed E-state index contributed by atoms with van der Waals surface area (Å²) in [5.41, 5.74) is 1.88. The first-order chi connectivity index (χ1) is 15.9. The number of rotatable bonds is 9. The van der Waals surface area contributed by atoms with Gasteiger partial charge in [0.1, 0.15) is 0 Å². The van der Waals surface area contributed by atoms with Crippen molar-refractivity contribution >= 4 is 29.3 Å². The summed E-state index contributed by atoms with van der Waals surface area (Å²) >= 11 is 1.83. The average Bonchev–Trinajstić information content (AvgIpc) is 2.79. The maximum Gasteiger partial charge on any atom is 0.387 e. The van der Waals surface area contributed by atoms with Crippen LogP contribution >= 0.6 is 11.8 Å². The number of nitrogens with zero attached hydrogens (tertiary/aromatic N) is 2. The van der Waals surface area contributed by atoms with E-state index in [1.807, 2.05) is 16.7 Å². The monoisotopic (exact) mass is 479 g/mol. The van der Waals surface area contributed by atoms with E-state index in [4.69, 9.17) is 4.74 Å². The van der Waals surface area contributed by atoms with Crippen LogP contribution in [0.1, 0.15) is 15.9 Å². The number of ether oxygens (including phenoxy) is 2. The molecule has 2 aromatic rings. The van der Waals surface area contributed by atoms with Gasteiger partial charge in [-0.2, -0.15) is 20.5 Å². The summed E-state index contributed by atoms with van der Waals surface area (Å²) in [5.74, 6) is 1.75. The number of anilines is 1. The lowest BCUT2D eigenvalue weighted by molar-refractivity contribution is -0.117. The van der Waals surface area contributed by atoms with Gasteiger partial charge < -0.3 is 19.7 Å². The Kier molecular flexibility index (Phi) is 8.90. The number of methoxy groups -OCH3 is 1. The highest BCUT2D eigenvalue weighted by Crippen LogP contribution is 2.29. The van der Waals surface area contributed by atoms with Crippen molar-refractivity contribution < 1.29 is 27.8 Å². The molecule has 0 aromatic heterocycles. The minimum atomic E-state index is -2.94. The van der Waals surface area contributed by atoms with Crippen LogP contribution in [0.25, 0.3) is 0 Å². The molecule has 1 aliphatic rings. The molecule has 7 nitrogen and oxygen atoms in total. The van der Waals surface area contributed by atoms with Crippen molar-refractivity contribution in [1.29, 1.82) is 0 Å². The normalized spacial score (nSPS) is 13.8. The third-order valence-corrected chi connectivity index (χ3v) is 5.94. The summed E-state index contributed by atoms with van der Waals surface area (Å²) in [4.78, 5) is 28.8. The second-order valence-corrected chi connectivity index (χ2v) is 8.79. The van der Waals surface area contributed by atoms with E-state index in [0.717, 1.165) is 30.2 Å². The number of hydrogen-bond donors (Lipinski definition) is 1. The Morgan fingerprint density at radius 2 is 1.91 bits per heavy atom. The van der Waals surface area contributed by atoms with Crippen molar-refractivity contribution in [3.05, 3.63) is 53.6 Å². The Morgan fingerprint density at radius 1 is 1.15 bits per heavy atom. The summed E-state index contributed by atoms with van der Waals surface area (Å²) in [5, 5.41) is 2.83. The maximum atomic E-state index is 12.7. The molecule has 1 heterocycles. The standard InChI is InChI=1S/C23H27F2N3O4S/c1-27(14-16-6-7-19(32-23(24)25)20(12-16)31-2)15-21(29)26-18-5-3-4-17(13-18)22(30)28-8-10-33-11-9-28/h3-7,12-13,23H,8-11,14-15H2,1-2H3,(H,26,29). The second kappa shape index (κ2) is 11.9. The summed E-state index contributed by atoms with van der Waals surface area (Å²) in [6, 6.07) is 11.6. The highest BCUT2D eigenvalue weighted by atomic mass is 32.2. The number of carbonyl (C=O) groups is 2. The molecular weight excluding hydrogens is 452 g/mol. The summed E-state index contributed by atoms with van der Waals surface area (Å²) in [7, 11) is 3.14. The van der Waals surface area contributed by atoms with Gasteiger partial charge in [0.15, 0.2) is 11.5 Å². The van der Waals surface area contributed by atoms with E-state index >= 15 is 0 Å². The van der Waals surface area contributed by atoms with Crippen LogP contribution in [0.5, 0.6) is 11.5 Å². The number of carbonyl (C=O) groups excluding carboxylic acids is 2. The second-order valence-electron chi connectivity index (χ2n) is 7.57. The van der Waals surface area contributed by atoms with E-state index in [-0.39, 0.29) is 29.9 Å². The third kappa shape index (κ3) is 7.33. The van der Waals surface area contributed by atoms with Crippen LogP contribution in [0, 0.1) is 0 Å². The molecule has 1 aliphatic heterocycles. The fraction of sp³-hybridized carbons (Fsp3) is 0.391. The predicted octanol–water partition coefficient (Wildman–Crippen LogP) is 3.56. The van der Waals surface area contributed by atoms with E-state index in [1.165, 1.54) is 13.2 Å². The molecule has 2 aromatic carbocycles. The molecule has 1 fully saturated rings. The minimum Gasteiger partial charge on any atom is -0.493 e. The molecule has 0 atom stereocenters. The Hall–Kier alpha value is -2.85. The number of thioether (sulfide) groups is 1. The molecular formula is C23H27F2N3O4S. The number of benzene rings is 2. The minimum absolute atomic E-state index is 0.0308. The number of alkyl halides is 2. The van der Waals surface area contributed by atoms with Crippen molar-refractivity contribution in [1.82, 2.24) is 9.80 Å². The first-order valence-corrected chi connectivity index (χ1v) is 11.6. The largest absolute Gasteiger partial charge is 0.493 e. The lowest BCUT2D eigenvalue weighted by atomic mass is 10.1. The van der Waals surface area contributed by atoms with Gasteiger partial charge in [0.2, 0.25) is 5.91 Å². The van der Waals surface area contributed by atoms with E-state index in [9.17, 15) is 18.4 Å². The maximum absolute atomic E-state index is 12.7. The van der Waals surface area contributed by atoms with Gasteiger partial charge in [0, 0.05) is 42.4 Å². The van der Waals surface area contributed by atoms with E-state index in [2.05, 4.69) is 10.1 Å². The molecule has 33 heavy (non-hydrogen) atoms. The topological polar surface area (TPSA) is 71.1 Å². The van der Waals surface area contributed by atoms with Crippen LogP contribution < -0.4 is 14.8 Å². The summed E-state index contributed by atoms with van der Waals surface area (Å²) in [6.07, 6.45) is 0. The van der Waals surface area contributed by atoms with Gasteiger partial charge in [-0.3, -0.25) is 14.5 Å². The van der Waals surface area contributed by atoms with E-state index < -0.39 is 6.61 Å². The highest BCUT2D eigenvalue weighted by molar-refractivity contribution is 7.99. The molecule has 2 amide bonds. The van der Waals surface area contributed by atoms with E-state index in [1.54, 1.807) is 48.3 Å². The van der Waals surface area contributed by atoms with E-state index in [0.29, 0.717) is 17.8 Å². The average molecular weight is 480 g/mol. The Balaban J connectivity index is 1.56. The fourth-order valence-corrected chi connectivity index (χ4v) is 4.40. The van der Waals surface area contributed by atoms with Crippen LogP contribution in [0.2, 0.25) is 0 Å². The number of nitrogens with one attached hydrogen (secondary N) is 1. The zero-order chi connectivity index (χ0) is 23.8. The zero-order valence-electron chi connectivity index (χ0n) is 18.6. The molecule has 10 heteroatoms. The van der Waals surface area contributed by atoms with Gasteiger partial charge in [0.25, 0.3) is 5.91 Å². The molecule has 0 aliphatic carbocycles. The molecule has 3 rings (SSSR count). The molecule has 0 radical (unpaired) electrons. The van der Waals surface area contributed by atoms with Gasteiger partial charge >= 0.3 is 6.61 Å². The molecule has 0 bridgehead atoms. The lowest BCUT2D eigenvalue weighted by Crippen LogP contribution is -2.37. The molecule has 0 unspecified atom stereocenters. The lowest BCUT2D eigenvalue weighted by Gasteiger charge is -2.26. The Morgan fingerprint density at radius 3 is 2.61 bits per heavy atom. The number of halogens is 2. The molecule has 0 saturated carbocycles. The highest BCUT2D eigenvalue weighted by Gasteiger charge is 2.19. The Labute approximate surface area is 196 Å². The quantitative estimate of drug-likeness (QED) is 0.593. The summed E-state index contributed by atoms with van der Waals surface area (Å²) in [6.45, 7) is -0.997. The van der Waals surface area contributed by atoms with Crippen LogP contribution in [0.15, 0.2) is 42.5 Å². The van der Waals surface area contributed by atoms with Crippen LogP contribution in [-0.2, 0) is 11.3 Å². The van der Waals surface area contributed by atoms with Gasteiger partial charge in [-0.1, -0.05) is 12.1 Å². The molecule has 1 N–H and O–H groups in total. The van der Waals surface area contributed by atoms with Crippen molar-refractivity contribution in [2.75, 3.05) is 50.6 Å². The Bertz CT molecular complexity index is 970. The van der Waals surface area contributed by atoms with Crippen molar-refractivity contribution in [3.8, 4) is 11.5 Å². The summed E-state index contributed by atoms with van der Waals surface area (Å²) < 4.78 is 34.5. The van der Waals surface area contributed by atoms with Crippen LogP contribution in [0.4, 0.5) is 14.5 Å². The third-order valence-electron chi connectivity index (χ3n) is 5.00. The van der Waals surface area contributed by atoms with Gasteiger partial charge in [0.05, 0.1) is 13.7 Å². The SMILES string of the molecule is COc1cc(CN(C)CC(=O)Nc2cccc(C(=O)N3CCSCC3)c2)ccc1OC(F)F. The fourth-order valence-electron chi connectivity index (χ4n) is 3.50. The van der Waals surface area contributed by atoms with Gasteiger partial charge in [-0.15, -0.1) is 0 Å². The molecule has 1 saturated heterocycles. The van der Waals surface area contributed by atoms with Crippen molar-refractivity contribution in [2.24, 2.45) is 0 Å². The van der Waals surface area contributed by atoms with Crippen LogP contribution in [0.3, 0.4) is 0 Å². The molecule has 178 valence electrons. The number of amides is 2. The van der Waals surface area contributed by atoms with Crippen molar-refractivity contribution in [2.45, 2.75) is 13.2 Å². The van der Waals surface area contributed by atoms with Crippen LogP contribution in [-0.4, -0.2) is 73.5 Å². The predicted molar refractivity (Wildman–Crippen MR) is 124 cm³/mol. The number of likely N-dealkylation sites (N-methyl/N-ethyl adjacent to an activating group) is 1. The molecule has 0 spiro atoms. The smallest absolute Gasteiger partial charge is 0.387 e. The first-order valence-electron chi connectivity index (χ1n) is 10.4. The van der Waals surface area contributed by atoms with Crippen molar-refractivity contribution in [3.63, 3.8) is 0 Å². The van der Waals surface area contributed by atoms with Gasteiger partial charge in [-0.25, -0.2) is 0 Å². The zero-order valence-corrected chi connectivity index (χ0v) is 19.4.